The van der Waals surface area contributed by atoms with Gasteiger partial charge < -0.3 is 4.74 Å². The van der Waals surface area contributed by atoms with E-state index in [4.69, 9.17) is 4.74 Å². The summed E-state index contributed by atoms with van der Waals surface area (Å²) in [5.74, 6) is -2.84. The highest BCUT2D eigenvalue weighted by Gasteiger charge is 2.24. The third-order valence-electron chi connectivity index (χ3n) is 2.09. The van der Waals surface area contributed by atoms with Crippen molar-refractivity contribution in [1.82, 2.24) is 0 Å². The van der Waals surface area contributed by atoms with E-state index in [0.717, 1.165) is 0 Å². The quantitative estimate of drug-likeness (QED) is 0.738. The zero-order valence-corrected chi connectivity index (χ0v) is 9.04. The molecule has 0 aliphatic heterocycles. The van der Waals surface area contributed by atoms with Crippen LogP contribution in [0.2, 0.25) is 0 Å². The Hall–Kier alpha value is -1.71. The standard InChI is InChI=1S/C12H12F2O2/c1-9(7-12(13,14)8-15)10-4-3-5-11(6-10)16-2/h3-8H,1-2H3/b9-7+. The van der Waals surface area contributed by atoms with Crippen LogP contribution < -0.4 is 4.74 Å². The van der Waals surface area contributed by atoms with Crippen molar-refractivity contribution >= 4 is 11.9 Å². The lowest BCUT2D eigenvalue weighted by molar-refractivity contribution is -0.123. The van der Waals surface area contributed by atoms with Gasteiger partial charge in [0.1, 0.15) is 5.75 Å². The van der Waals surface area contributed by atoms with Gasteiger partial charge in [-0.2, -0.15) is 8.78 Å². The Morgan fingerprint density at radius 1 is 1.44 bits per heavy atom. The minimum atomic E-state index is -3.42. The summed E-state index contributed by atoms with van der Waals surface area (Å²) in [5, 5.41) is 0. The highest BCUT2D eigenvalue weighted by molar-refractivity contribution is 5.72. The third kappa shape index (κ3) is 3.15. The van der Waals surface area contributed by atoms with Crippen LogP contribution in [0.25, 0.3) is 5.57 Å². The van der Waals surface area contributed by atoms with E-state index >= 15 is 0 Å². The maximum Gasteiger partial charge on any atom is 0.321 e. The SMILES string of the molecule is COc1cccc(/C(C)=C/C(F)(F)C=O)c1. The van der Waals surface area contributed by atoms with Crippen molar-refractivity contribution in [1.29, 1.82) is 0 Å². The molecule has 0 aliphatic carbocycles. The fourth-order valence-corrected chi connectivity index (χ4v) is 1.27. The van der Waals surface area contributed by atoms with Crippen molar-refractivity contribution in [2.45, 2.75) is 12.8 Å². The summed E-state index contributed by atoms with van der Waals surface area (Å²) < 4.78 is 30.6. The predicted molar refractivity (Wildman–Crippen MR) is 57.7 cm³/mol. The first-order valence-corrected chi connectivity index (χ1v) is 4.66. The molecule has 0 N–H and O–H groups in total. The summed E-state index contributed by atoms with van der Waals surface area (Å²) in [6.07, 6.45) is 0.255. The van der Waals surface area contributed by atoms with Crippen molar-refractivity contribution in [2.24, 2.45) is 0 Å². The first kappa shape index (κ1) is 12.4. The number of halogens is 2. The van der Waals surface area contributed by atoms with Crippen molar-refractivity contribution in [3.63, 3.8) is 0 Å². The monoisotopic (exact) mass is 226 g/mol. The fourth-order valence-electron chi connectivity index (χ4n) is 1.27. The van der Waals surface area contributed by atoms with Crippen LogP contribution in [0.3, 0.4) is 0 Å². The van der Waals surface area contributed by atoms with Crippen LogP contribution in [-0.4, -0.2) is 19.3 Å². The maximum absolute atomic E-state index is 12.8. The molecule has 0 fully saturated rings. The zero-order chi connectivity index (χ0) is 12.2. The second kappa shape index (κ2) is 4.88. The molecule has 0 unspecified atom stereocenters. The van der Waals surface area contributed by atoms with E-state index in [-0.39, 0.29) is 6.29 Å². The number of allylic oxidation sites excluding steroid dienone is 2. The van der Waals surface area contributed by atoms with Crippen LogP contribution in [0.4, 0.5) is 8.78 Å². The van der Waals surface area contributed by atoms with Gasteiger partial charge in [-0.15, -0.1) is 0 Å². The fraction of sp³-hybridized carbons (Fsp3) is 0.250. The minimum absolute atomic E-state index is 0.330. The molecule has 1 rings (SSSR count). The molecule has 0 atom stereocenters. The van der Waals surface area contributed by atoms with E-state index < -0.39 is 5.92 Å². The Bertz CT molecular complexity index is 411. The van der Waals surface area contributed by atoms with Crippen molar-refractivity contribution in [3.05, 3.63) is 35.9 Å². The second-order valence-corrected chi connectivity index (χ2v) is 3.35. The van der Waals surface area contributed by atoms with E-state index in [1.54, 1.807) is 24.3 Å². The summed E-state index contributed by atoms with van der Waals surface area (Å²) in [4.78, 5) is 10.1. The summed E-state index contributed by atoms with van der Waals surface area (Å²) in [7, 11) is 1.50. The molecule has 1 aromatic carbocycles. The van der Waals surface area contributed by atoms with E-state index in [9.17, 15) is 13.6 Å². The van der Waals surface area contributed by atoms with Gasteiger partial charge in [-0.05, 0) is 36.3 Å². The second-order valence-electron chi connectivity index (χ2n) is 3.35. The maximum atomic E-state index is 12.8. The molecule has 0 aromatic heterocycles. The van der Waals surface area contributed by atoms with Gasteiger partial charge in [-0.3, -0.25) is 4.79 Å². The van der Waals surface area contributed by atoms with Gasteiger partial charge in [0.2, 0.25) is 0 Å². The van der Waals surface area contributed by atoms with E-state index in [2.05, 4.69) is 0 Å². The molecule has 0 saturated heterocycles. The third-order valence-corrected chi connectivity index (χ3v) is 2.09. The highest BCUT2D eigenvalue weighted by Crippen LogP contribution is 2.23. The number of aldehydes is 1. The number of alkyl halides is 2. The van der Waals surface area contributed by atoms with Crippen molar-refractivity contribution in [2.75, 3.05) is 7.11 Å². The van der Waals surface area contributed by atoms with E-state index in [1.807, 2.05) is 0 Å². The number of rotatable bonds is 4. The number of hydrogen-bond donors (Lipinski definition) is 0. The number of ether oxygens (including phenoxy) is 1. The summed E-state index contributed by atoms with van der Waals surface area (Å²) >= 11 is 0. The lowest BCUT2D eigenvalue weighted by Gasteiger charge is -2.07. The van der Waals surface area contributed by atoms with Gasteiger partial charge in [0.25, 0.3) is 0 Å². The Morgan fingerprint density at radius 3 is 2.69 bits per heavy atom. The van der Waals surface area contributed by atoms with Gasteiger partial charge in [-0.25, -0.2) is 0 Å². The lowest BCUT2D eigenvalue weighted by atomic mass is 10.1. The molecule has 2 nitrogen and oxygen atoms in total. The molecular weight excluding hydrogens is 214 g/mol. The van der Waals surface area contributed by atoms with Gasteiger partial charge in [0.05, 0.1) is 7.11 Å². The first-order valence-electron chi connectivity index (χ1n) is 4.66. The molecule has 0 heterocycles. The molecule has 0 spiro atoms. The van der Waals surface area contributed by atoms with E-state index in [0.29, 0.717) is 23.0 Å². The first-order chi connectivity index (χ1) is 7.48. The van der Waals surface area contributed by atoms with Crippen LogP contribution in [0.15, 0.2) is 30.3 Å². The topological polar surface area (TPSA) is 26.3 Å². The number of benzene rings is 1. The molecule has 1 aromatic rings. The van der Waals surface area contributed by atoms with Crippen LogP contribution in [0.1, 0.15) is 12.5 Å². The Balaban J connectivity index is 3.04. The highest BCUT2D eigenvalue weighted by atomic mass is 19.3. The molecule has 0 bridgehead atoms. The van der Waals surface area contributed by atoms with Crippen LogP contribution in [0.5, 0.6) is 5.75 Å². The molecule has 0 saturated carbocycles. The molecule has 0 aliphatic rings. The molecule has 0 amide bonds. The predicted octanol–water partition coefficient (Wildman–Crippen LogP) is 2.93. The number of hydrogen-bond acceptors (Lipinski definition) is 2. The zero-order valence-electron chi connectivity index (χ0n) is 9.04. The van der Waals surface area contributed by atoms with Gasteiger partial charge in [0.15, 0.2) is 6.29 Å². The summed E-state index contributed by atoms with van der Waals surface area (Å²) in [6, 6.07) is 6.72. The van der Waals surface area contributed by atoms with Crippen molar-refractivity contribution in [3.8, 4) is 5.75 Å². The minimum Gasteiger partial charge on any atom is -0.497 e. The summed E-state index contributed by atoms with van der Waals surface area (Å²) in [6.45, 7) is 1.52. The normalized spacial score (nSPS) is 12.4. The Morgan fingerprint density at radius 2 is 2.12 bits per heavy atom. The average molecular weight is 226 g/mol. The van der Waals surface area contributed by atoms with Gasteiger partial charge in [-0.1, -0.05) is 12.1 Å². The van der Waals surface area contributed by atoms with E-state index in [1.165, 1.54) is 14.0 Å². The van der Waals surface area contributed by atoms with Crippen LogP contribution in [-0.2, 0) is 4.79 Å². The number of carbonyl (C=O) groups excluding carboxylic acids is 1. The largest absolute Gasteiger partial charge is 0.497 e. The molecule has 4 heteroatoms. The number of methoxy groups -OCH3 is 1. The smallest absolute Gasteiger partial charge is 0.321 e. The summed E-state index contributed by atoms with van der Waals surface area (Å²) in [5.41, 5.74) is 0.928. The van der Waals surface area contributed by atoms with Crippen LogP contribution >= 0.6 is 0 Å². The molecule has 16 heavy (non-hydrogen) atoms. The number of carbonyl (C=O) groups is 1. The van der Waals surface area contributed by atoms with Crippen LogP contribution in [0, 0.1) is 0 Å². The average Bonchev–Trinajstić information content (AvgIpc) is 2.28. The van der Waals surface area contributed by atoms with Crippen molar-refractivity contribution < 1.29 is 18.3 Å². The van der Waals surface area contributed by atoms with Gasteiger partial charge in [0, 0.05) is 0 Å². The molecule has 0 radical (unpaired) electrons. The Labute approximate surface area is 92.5 Å². The molecular formula is C12H12F2O2. The van der Waals surface area contributed by atoms with Gasteiger partial charge >= 0.3 is 5.92 Å². The Kier molecular flexibility index (Phi) is 3.77. The molecule has 86 valence electrons. The lowest BCUT2D eigenvalue weighted by Crippen LogP contribution is -2.13.